The summed E-state index contributed by atoms with van der Waals surface area (Å²) in [4.78, 5) is 51.7. The van der Waals surface area contributed by atoms with Crippen LogP contribution < -0.4 is 0 Å². The van der Waals surface area contributed by atoms with Crippen LogP contribution in [0.4, 0.5) is 0 Å². The van der Waals surface area contributed by atoms with E-state index in [0.29, 0.717) is 0 Å². The molecule has 0 saturated carbocycles. The summed E-state index contributed by atoms with van der Waals surface area (Å²) in [6.07, 6.45) is 0. The minimum Gasteiger partial charge on any atom is -0.466 e. The molecule has 9 nitrogen and oxygen atoms in total. The predicted molar refractivity (Wildman–Crippen MR) is 91.0 cm³/mol. The zero-order valence-corrected chi connectivity index (χ0v) is 15.7. The number of carbonyl (C=O) groups is 4. The van der Waals surface area contributed by atoms with E-state index in [0.717, 1.165) is 14.2 Å². The van der Waals surface area contributed by atoms with Crippen molar-refractivity contribution in [1.82, 2.24) is 0 Å². The summed E-state index contributed by atoms with van der Waals surface area (Å²) in [7, 11) is 3.34. The third kappa shape index (κ3) is 2.26. The van der Waals surface area contributed by atoms with E-state index in [9.17, 15) is 19.2 Å². The molecule has 0 aliphatic carbocycles. The van der Waals surface area contributed by atoms with Crippen LogP contribution in [0, 0.1) is 0 Å². The number of benzene rings is 1. The molecule has 2 aliphatic heterocycles. The van der Waals surface area contributed by atoms with Gasteiger partial charge < -0.3 is 23.7 Å². The molecule has 2 bridgehead atoms. The lowest BCUT2D eigenvalue weighted by Crippen LogP contribution is -2.56. The van der Waals surface area contributed by atoms with Crippen molar-refractivity contribution in [2.75, 3.05) is 27.9 Å². The van der Waals surface area contributed by atoms with Crippen molar-refractivity contribution < 1.29 is 42.9 Å². The first kappa shape index (κ1) is 19.7. The molecule has 3 rings (SSSR count). The van der Waals surface area contributed by atoms with Gasteiger partial charge in [0.15, 0.2) is 0 Å². The van der Waals surface area contributed by atoms with E-state index >= 15 is 0 Å². The van der Waals surface area contributed by atoms with E-state index in [1.54, 1.807) is 12.1 Å². The van der Waals surface area contributed by atoms with Crippen LogP contribution in [0.5, 0.6) is 0 Å². The molecule has 0 spiro atoms. The quantitative estimate of drug-likeness (QED) is 0.406. The molecule has 0 radical (unpaired) electrons. The van der Waals surface area contributed by atoms with Gasteiger partial charge in [-0.05, 0) is 6.92 Å². The van der Waals surface area contributed by atoms with Crippen LogP contribution in [0.1, 0.15) is 22.8 Å². The molecule has 0 N–H and O–H groups in total. The first-order chi connectivity index (χ1) is 13.3. The lowest BCUT2D eigenvalue weighted by molar-refractivity contribution is -0.238. The number of methoxy groups -OCH3 is 3. The second-order valence-electron chi connectivity index (χ2n) is 5.93. The van der Waals surface area contributed by atoms with Crippen LogP contribution in [0.15, 0.2) is 35.4 Å². The lowest BCUT2D eigenvalue weighted by atomic mass is 9.84. The first-order valence-corrected chi connectivity index (χ1v) is 8.34. The van der Waals surface area contributed by atoms with Crippen molar-refractivity contribution in [2.45, 2.75) is 18.3 Å². The Morgan fingerprint density at radius 3 is 2.18 bits per heavy atom. The summed E-state index contributed by atoms with van der Waals surface area (Å²) in [6, 6.07) is 6.10. The average Bonchev–Trinajstić information content (AvgIpc) is 3.02. The number of esters is 3. The Morgan fingerprint density at radius 2 is 1.61 bits per heavy atom. The molecule has 0 saturated heterocycles. The molecular formula is C19H18O9. The normalized spacial score (nSPS) is 25.2. The summed E-state index contributed by atoms with van der Waals surface area (Å²) in [6.45, 7) is 1.43. The number of hydrogen-bond donors (Lipinski definition) is 0. The smallest absolute Gasteiger partial charge is 0.351 e. The topological polar surface area (TPSA) is 114 Å². The van der Waals surface area contributed by atoms with E-state index in [4.69, 9.17) is 23.7 Å². The number of Topliss-reactive ketones (excluding diaryl/α,β-unsaturated/α-hetero) is 1. The highest BCUT2D eigenvalue weighted by molar-refractivity contribution is 6.27. The number of fused-ring (bicyclic) bond motifs is 4. The number of ether oxygens (including phenoxy) is 5. The maximum absolute atomic E-state index is 13.4. The number of carbonyl (C=O) groups excluding carboxylic acids is 4. The van der Waals surface area contributed by atoms with Crippen molar-refractivity contribution in [3.8, 4) is 0 Å². The van der Waals surface area contributed by atoms with E-state index in [1.165, 1.54) is 26.2 Å². The van der Waals surface area contributed by atoms with Crippen LogP contribution in [-0.4, -0.2) is 57.2 Å². The Bertz CT molecular complexity index is 916. The molecule has 1 aromatic carbocycles. The van der Waals surface area contributed by atoms with Crippen LogP contribution >= 0.6 is 0 Å². The third-order valence-electron chi connectivity index (χ3n) is 4.70. The van der Waals surface area contributed by atoms with E-state index in [2.05, 4.69) is 0 Å². The molecule has 28 heavy (non-hydrogen) atoms. The Morgan fingerprint density at radius 1 is 1.00 bits per heavy atom. The standard InChI is InChI=1S/C19H18O9/c1-5-27-17(23)18-12(15(21)24-2)13(16(22)25-3)19(26-4,28-18)11-9-7-6-8-10(11)14(18)20/h6-9H,5H2,1-4H3. The summed E-state index contributed by atoms with van der Waals surface area (Å²) < 4.78 is 25.9. The van der Waals surface area contributed by atoms with Gasteiger partial charge in [-0.1, -0.05) is 24.3 Å². The van der Waals surface area contributed by atoms with Gasteiger partial charge in [-0.15, -0.1) is 0 Å². The van der Waals surface area contributed by atoms with E-state index < -0.39 is 46.2 Å². The maximum atomic E-state index is 13.4. The van der Waals surface area contributed by atoms with Gasteiger partial charge in [-0.2, -0.15) is 0 Å². The van der Waals surface area contributed by atoms with Gasteiger partial charge in [0.25, 0.3) is 5.60 Å². The molecule has 2 unspecified atom stereocenters. The van der Waals surface area contributed by atoms with Crippen molar-refractivity contribution >= 4 is 23.7 Å². The number of hydrogen-bond acceptors (Lipinski definition) is 9. The summed E-state index contributed by atoms with van der Waals surface area (Å²) >= 11 is 0. The Hall–Kier alpha value is -3.04. The number of ketones is 1. The van der Waals surface area contributed by atoms with Crippen molar-refractivity contribution in [3.63, 3.8) is 0 Å². The molecular weight excluding hydrogens is 372 g/mol. The molecule has 2 atom stereocenters. The second kappa shape index (κ2) is 6.84. The van der Waals surface area contributed by atoms with Crippen LogP contribution in [0.3, 0.4) is 0 Å². The van der Waals surface area contributed by atoms with Crippen LogP contribution in [0.2, 0.25) is 0 Å². The Balaban J connectivity index is 2.49. The van der Waals surface area contributed by atoms with Gasteiger partial charge in [0.2, 0.25) is 11.6 Å². The molecule has 1 aromatic rings. The van der Waals surface area contributed by atoms with Gasteiger partial charge >= 0.3 is 17.9 Å². The molecule has 2 heterocycles. The highest BCUT2D eigenvalue weighted by Crippen LogP contribution is 2.56. The lowest BCUT2D eigenvalue weighted by Gasteiger charge is -2.39. The molecule has 0 fully saturated rings. The summed E-state index contributed by atoms with van der Waals surface area (Å²) in [5, 5.41) is 0. The highest BCUT2D eigenvalue weighted by Gasteiger charge is 2.73. The third-order valence-corrected chi connectivity index (χ3v) is 4.70. The molecule has 2 aliphatic rings. The zero-order chi connectivity index (χ0) is 20.7. The SMILES string of the molecule is CCOC(=O)C12OC(OC)(C(C(=O)OC)=C1C(=O)OC)c1ccccc1C2=O. The fourth-order valence-electron chi connectivity index (χ4n) is 3.57. The van der Waals surface area contributed by atoms with Crippen molar-refractivity contribution in [3.05, 3.63) is 46.5 Å². The Kier molecular flexibility index (Phi) is 4.82. The number of rotatable bonds is 5. The minimum absolute atomic E-state index is 0.0453. The molecule has 148 valence electrons. The highest BCUT2D eigenvalue weighted by atomic mass is 16.7. The van der Waals surface area contributed by atoms with Crippen LogP contribution in [0.25, 0.3) is 0 Å². The first-order valence-electron chi connectivity index (χ1n) is 8.34. The largest absolute Gasteiger partial charge is 0.466 e. The van der Waals surface area contributed by atoms with Gasteiger partial charge in [-0.3, -0.25) is 4.79 Å². The van der Waals surface area contributed by atoms with Gasteiger partial charge in [-0.25, -0.2) is 14.4 Å². The monoisotopic (exact) mass is 390 g/mol. The zero-order valence-electron chi connectivity index (χ0n) is 15.7. The van der Waals surface area contributed by atoms with Crippen LogP contribution in [-0.2, 0) is 43.9 Å². The van der Waals surface area contributed by atoms with Crippen molar-refractivity contribution in [1.29, 1.82) is 0 Å². The fraction of sp³-hybridized carbons (Fsp3) is 0.368. The van der Waals surface area contributed by atoms with Gasteiger partial charge in [0, 0.05) is 18.2 Å². The summed E-state index contributed by atoms with van der Waals surface area (Å²) in [5.74, 6) is -6.19. The predicted octanol–water partition coefficient (Wildman–Crippen LogP) is 0.657. The fourth-order valence-corrected chi connectivity index (χ4v) is 3.57. The molecule has 0 aromatic heterocycles. The van der Waals surface area contributed by atoms with E-state index in [-0.39, 0.29) is 17.7 Å². The van der Waals surface area contributed by atoms with Crippen molar-refractivity contribution in [2.24, 2.45) is 0 Å². The second-order valence-corrected chi connectivity index (χ2v) is 5.93. The van der Waals surface area contributed by atoms with Gasteiger partial charge in [0.1, 0.15) is 11.1 Å². The molecule has 9 heteroatoms. The average molecular weight is 390 g/mol. The maximum Gasteiger partial charge on any atom is 0.351 e. The molecule has 0 amide bonds. The van der Waals surface area contributed by atoms with Gasteiger partial charge in [0.05, 0.1) is 20.8 Å². The minimum atomic E-state index is -2.56. The summed E-state index contributed by atoms with van der Waals surface area (Å²) in [5.41, 5.74) is -3.43. The van der Waals surface area contributed by atoms with E-state index in [1.807, 2.05) is 0 Å². The Labute approximate surface area is 160 Å².